The molecule has 0 aliphatic heterocycles. The van der Waals surface area contributed by atoms with Crippen LogP contribution in [0.1, 0.15) is 11.1 Å². The van der Waals surface area contributed by atoms with Crippen LogP contribution in [0.15, 0.2) is 30.8 Å². The average molecular weight is 163 g/mol. The Morgan fingerprint density at radius 1 is 1.58 bits per heavy atom. The van der Waals surface area contributed by atoms with Crippen LogP contribution >= 0.6 is 0 Å². The molecule has 2 heteroatoms. The molecule has 0 bridgehead atoms. The molecule has 0 radical (unpaired) electrons. The first-order chi connectivity index (χ1) is 5.74. The van der Waals surface area contributed by atoms with Gasteiger partial charge in [-0.25, -0.2) is 0 Å². The molecule has 0 saturated heterocycles. The van der Waals surface area contributed by atoms with Gasteiger partial charge in [0, 0.05) is 12.1 Å². The van der Waals surface area contributed by atoms with Crippen LogP contribution in [0.25, 0.3) is 5.76 Å². The predicted molar refractivity (Wildman–Crippen MR) is 50.9 cm³/mol. The van der Waals surface area contributed by atoms with Crippen LogP contribution in [0.5, 0.6) is 0 Å². The van der Waals surface area contributed by atoms with E-state index in [4.69, 9.17) is 5.11 Å². The molecule has 12 heavy (non-hydrogen) atoms. The topological polar surface area (TPSA) is 32.3 Å². The normalized spacial score (nSPS) is 9.75. The van der Waals surface area contributed by atoms with Crippen molar-refractivity contribution in [3.05, 3.63) is 42.0 Å². The van der Waals surface area contributed by atoms with E-state index in [1.807, 2.05) is 31.3 Å². The predicted octanol–water partition coefficient (Wildman–Crippen LogP) is 1.93. The molecule has 2 N–H and O–H groups in total. The summed E-state index contributed by atoms with van der Waals surface area (Å²) in [6, 6.07) is 7.66. The number of aliphatic hydroxyl groups is 1. The fourth-order valence-electron chi connectivity index (χ4n) is 1.06. The Bertz CT molecular complexity index is 281. The molecule has 0 aromatic heterocycles. The number of aliphatic hydroxyl groups excluding tert-OH is 1. The third-order valence-electron chi connectivity index (χ3n) is 1.64. The minimum Gasteiger partial charge on any atom is -0.508 e. The van der Waals surface area contributed by atoms with Crippen molar-refractivity contribution in [2.24, 2.45) is 0 Å². The van der Waals surface area contributed by atoms with Crippen molar-refractivity contribution in [3.8, 4) is 0 Å². The van der Waals surface area contributed by atoms with Gasteiger partial charge in [0.05, 0.1) is 0 Å². The molecule has 0 aliphatic rings. The summed E-state index contributed by atoms with van der Waals surface area (Å²) in [5, 5.41) is 12.1. The quantitative estimate of drug-likeness (QED) is 0.667. The molecule has 1 rings (SSSR count). The van der Waals surface area contributed by atoms with Gasteiger partial charge in [0.25, 0.3) is 0 Å². The second-order valence-corrected chi connectivity index (χ2v) is 2.68. The van der Waals surface area contributed by atoms with Crippen LogP contribution < -0.4 is 5.32 Å². The second kappa shape index (κ2) is 3.93. The molecular weight excluding hydrogens is 150 g/mol. The fourth-order valence-corrected chi connectivity index (χ4v) is 1.06. The Hall–Kier alpha value is -1.28. The van der Waals surface area contributed by atoms with Crippen molar-refractivity contribution < 1.29 is 5.11 Å². The lowest BCUT2D eigenvalue weighted by molar-refractivity contribution is 0.513. The van der Waals surface area contributed by atoms with Gasteiger partial charge in [0.15, 0.2) is 0 Å². The molecule has 2 nitrogen and oxygen atoms in total. The van der Waals surface area contributed by atoms with Crippen LogP contribution in [-0.4, -0.2) is 12.2 Å². The first-order valence-electron chi connectivity index (χ1n) is 3.86. The molecule has 0 amide bonds. The number of rotatable bonds is 3. The summed E-state index contributed by atoms with van der Waals surface area (Å²) in [4.78, 5) is 0. The van der Waals surface area contributed by atoms with Gasteiger partial charge in [0.1, 0.15) is 5.76 Å². The van der Waals surface area contributed by atoms with Gasteiger partial charge in [-0.3, -0.25) is 0 Å². The zero-order valence-corrected chi connectivity index (χ0v) is 7.17. The monoisotopic (exact) mass is 163 g/mol. The van der Waals surface area contributed by atoms with Gasteiger partial charge in [-0.15, -0.1) is 0 Å². The number of hydrogen-bond acceptors (Lipinski definition) is 2. The largest absolute Gasteiger partial charge is 0.508 e. The zero-order valence-electron chi connectivity index (χ0n) is 7.17. The van der Waals surface area contributed by atoms with E-state index in [2.05, 4.69) is 11.9 Å². The highest BCUT2D eigenvalue weighted by atomic mass is 16.3. The Kier molecular flexibility index (Phi) is 2.88. The van der Waals surface area contributed by atoms with Crippen LogP contribution in [-0.2, 0) is 6.54 Å². The minimum absolute atomic E-state index is 0.118. The number of hydrogen-bond donors (Lipinski definition) is 2. The minimum atomic E-state index is 0.118. The third kappa shape index (κ3) is 2.10. The summed E-state index contributed by atoms with van der Waals surface area (Å²) in [5.74, 6) is 0.118. The Labute approximate surface area is 72.5 Å². The summed E-state index contributed by atoms with van der Waals surface area (Å²) >= 11 is 0. The van der Waals surface area contributed by atoms with Crippen molar-refractivity contribution >= 4 is 5.76 Å². The smallest absolute Gasteiger partial charge is 0.115 e. The molecule has 64 valence electrons. The summed E-state index contributed by atoms with van der Waals surface area (Å²) < 4.78 is 0. The zero-order chi connectivity index (χ0) is 8.97. The van der Waals surface area contributed by atoms with Gasteiger partial charge in [0.2, 0.25) is 0 Å². The molecule has 1 aromatic carbocycles. The van der Waals surface area contributed by atoms with E-state index in [1.54, 1.807) is 0 Å². The van der Waals surface area contributed by atoms with E-state index in [0.717, 1.165) is 17.7 Å². The molecule has 1 aromatic rings. The lowest BCUT2D eigenvalue weighted by Gasteiger charge is -2.02. The first-order valence-corrected chi connectivity index (χ1v) is 3.86. The van der Waals surface area contributed by atoms with E-state index >= 15 is 0 Å². The maximum absolute atomic E-state index is 9.10. The molecule has 0 unspecified atom stereocenters. The van der Waals surface area contributed by atoms with Gasteiger partial charge in [-0.1, -0.05) is 24.8 Å². The van der Waals surface area contributed by atoms with Crippen LogP contribution in [0.4, 0.5) is 0 Å². The molecule has 0 spiro atoms. The first kappa shape index (κ1) is 8.81. The summed E-state index contributed by atoms with van der Waals surface area (Å²) in [7, 11) is 1.89. The third-order valence-corrected chi connectivity index (χ3v) is 1.64. The Balaban J connectivity index is 2.88. The molecule has 0 aliphatic carbocycles. The average Bonchev–Trinajstić information content (AvgIpc) is 2.05. The maximum atomic E-state index is 9.10. The van der Waals surface area contributed by atoms with Gasteiger partial charge < -0.3 is 10.4 Å². The molecule has 0 heterocycles. The number of benzene rings is 1. The number of nitrogens with one attached hydrogen (secondary N) is 1. The second-order valence-electron chi connectivity index (χ2n) is 2.68. The lowest BCUT2D eigenvalue weighted by Crippen LogP contribution is -2.04. The van der Waals surface area contributed by atoms with Crippen molar-refractivity contribution in [3.63, 3.8) is 0 Å². The highest BCUT2D eigenvalue weighted by Gasteiger charge is 1.96. The Morgan fingerprint density at radius 2 is 2.33 bits per heavy atom. The van der Waals surface area contributed by atoms with Crippen LogP contribution in [0.2, 0.25) is 0 Å². The summed E-state index contributed by atoms with van der Waals surface area (Å²) in [6.07, 6.45) is 0. The Morgan fingerprint density at radius 3 is 2.92 bits per heavy atom. The van der Waals surface area contributed by atoms with E-state index in [1.165, 1.54) is 0 Å². The van der Waals surface area contributed by atoms with Crippen molar-refractivity contribution in [2.45, 2.75) is 6.54 Å². The lowest BCUT2D eigenvalue weighted by atomic mass is 10.1. The van der Waals surface area contributed by atoms with Gasteiger partial charge in [-0.2, -0.15) is 0 Å². The van der Waals surface area contributed by atoms with Crippen LogP contribution in [0.3, 0.4) is 0 Å². The maximum Gasteiger partial charge on any atom is 0.115 e. The van der Waals surface area contributed by atoms with Crippen molar-refractivity contribution in [1.82, 2.24) is 5.32 Å². The molecular formula is C10H13NO. The summed E-state index contributed by atoms with van der Waals surface area (Å²) in [5.41, 5.74) is 1.92. The van der Waals surface area contributed by atoms with Crippen molar-refractivity contribution in [2.75, 3.05) is 7.05 Å². The standard InChI is InChI=1S/C10H13NO/c1-8(12)10-5-3-4-9(6-10)7-11-2/h3-6,11-12H,1,7H2,2H3. The molecule has 0 atom stereocenters. The molecule has 0 saturated carbocycles. The van der Waals surface area contributed by atoms with E-state index in [-0.39, 0.29) is 5.76 Å². The van der Waals surface area contributed by atoms with E-state index in [9.17, 15) is 0 Å². The van der Waals surface area contributed by atoms with Crippen LogP contribution in [0, 0.1) is 0 Å². The van der Waals surface area contributed by atoms with Gasteiger partial charge >= 0.3 is 0 Å². The molecule has 0 fully saturated rings. The highest BCUT2D eigenvalue weighted by molar-refractivity contribution is 5.56. The van der Waals surface area contributed by atoms with E-state index < -0.39 is 0 Å². The van der Waals surface area contributed by atoms with E-state index in [0.29, 0.717) is 0 Å². The highest BCUT2D eigenvalue weighted by Crippen LogP contribution is 2.10. The van der Waals surface area contributed by atoms with Gasteiger partial charge in [-0.05, 0) is 18.7 Å². The SMILES string of the molecule is C=C(O)c1cccc(CNC)c1. The summed E-state index contributed by atoms with van der Waals surface area (Å²) in [6.45, 7) is 4.27. The fraction of sp³-hybridized carbons (Fsp3) is 0.200. The van der Waals surface area contributed by atoms with Crippen molar-refractivity contribution in [1.29, 1.82) is 0 Å².